The molecule has 1 saturated heterocycles. The van der Waals surface area contributed by atoms with Crippen LogP contribution in [0.15, 0.2) is 12.3 Å². The number of aliphatic carboxylic acids is 1. The van der Waals surface area contributed by atoms with Gasteiger partial charge in [-0.15, -0.1) is 0 Å². The first-order valence-electron chi connectivity index (χ1n) is 5.35. The van der Waals surface area contributed by atoms with Crippen LogP contribution in [-0.2, 0) is 14.3 Å². The highest BCUT2D eigenvalue weighted by molar-refractivity contribution is 5.80. The molecule has 96 valence electrons. The average Bonchev–Trinajstić information content (AvgIpc) is 2.23. The maximum Gasteiger partial charge on any atom is 0.407 e. The fourth-order valence-electron chi connectivity index (χ4n) is 2.00. The third kappa shape index (κ3) is 3.65. The molecule has 2 N–H and O–H groups in total. The number of nitrogens with one attached hydrogen (secondary N) is 1. The molecule has 1 aliphatic rings. The predicted molar refractivity (Wildman–Crippen MR) is 59.4 cm³/mol. The molecule has 0 saturated carbocycles. The first kappa shape index (κ1) is 13.3. The summed E-state index contributed by atoms with van der Waals surface area (Å²) in [7, 11) is 1.19. The number of allylic oxidation sites excluding steroid dienone is 1. The van der Waals surface area contributed by atoms with E-state index in [-0.39, 0.29) is 12.0 Å². The topological polar surface area (TPSA) is 84.9 Å². The summed E-state index contributed by atoms with van der Waals surface area (Å²) in [6.45, 7) is 5.54. The van der Waals surface area contributed by atoms with E-state index < -0.39 is 18.1 Å². The van der Waals surface area contributed by atoms with E-state index >= 15 is 0 Å². The van der Waals surface area contributed by atoms with Crippen molar-refractivity contribution in [3.8, 4) is 0 Å². The van der Waals surface area contributed by atoms with Gasteiger partial charge in [0.1, 0.15) is 6.04 Å². The van der Waals surface area contributed by atoms with Gasteiger partial charge in [-0.1, -0.05) is 6.58 Å². The van der Waals surface area contributed by atoms with E-state index in [9.17, 15) is 9.59 Å². The monoisotopic (exact) mass is 243 g/mol. The molecule has 0 aliphatic carbocycles. The zero-order valence-electron chi connectivity index (χ0n) is 9.93. The predicted octanol–water partition coefficient (Wildman–Crippen LogP) is 1.12. The minimum absolute atomic E-state index is 0.0949. The summed E-state index contributed by atoms with van der Waals surface area (Å²) in [4.78, 5) is 22.2. The number of hydrogen-bond donors (Lipinski definition) is 2. The lowest BCUT2D eigenvalue weighted by atomic mass is 9.88. The molecule has 0 aromatic rings. The number of carbonyl (C=O) groups is 2. The molecule has 2 unspecified atom stereocenters. The Morgan fingerprint density at radius 1 is 1.65 bits per heavy atom. The molecule has 1 rings (SSSR count). The van der Waals surface area contributed by atoms with Crippen LogP contribution in [0.3, 0.4) is 0 Å². The van der Waals surface area contributed by atoms with Crippen LogP contribution in [0.5, 0.6) is 0 Å². The molecule has 3 atom stereocenters. The van der Waals surface area contributed by atoms with Gasteiger partial charge in [-0.05, 0) is 13.3 Å². The van der Waals surface area contributed by atoms with E-state index in [0.29, 0.717) is 18.6 Å². The van der Waals surface area contributed by atoms with Crippen molar-refractivity contribution in [2.24, 2.45) is 5.92 Å². The average molecular weight is 243 g/mol. The van der Waals surface area contributed by atoms with Crippen molar-refractivity contribution in [1.82, 2.24) is 5.32 Å². The molecular weight excluding hydrogens is 226 g/mol. The van der Waals surface area contributed by atoms with Crippen LogP contribution < -0.4 is 5.32 Å². The fourth-order valence-corrected chi connectivity index (χ4v) is 2.00. The number of ether oxygens (including phenoxy) is 2. The molecule has 1 aliphatic heterocycles. The molecule has 1 fully saturated rings. The summed E-state index contributed by atoms with van der Waals surface area (Å²) in [5.41, 5.74) is 0. The molecule has 0 aromatic heterocycles. The second kappa shape index (κ2) is 5.56. The normalized spacial score (nSPS) is 25.6. The van der Waals surface area contributed by atoms with Crippen LogP contribution in [0.2, 0.25) is 0 Å². The smallest absolute Gasteiger partial charge is 0.407 e. The highest BCUT2D eigenvalue weighted by Crippen LogP contribution is 2.29. The van der Waals surface area contributed by atoms with Crippen molar-refractivity contribution >= 4 is 12.1 Å². The number of hydrogen-bond acceptors (Lipinski definition) is 4. The molecule has 0 spiro atoms. The standard InChI is InChI=1S/C11H17NO5/c1-6-4-8(5-7(2)17-6)9(10(13)14)12-11(15)16-3/h7-9H,1,4-5H2,2-3H3,(H,12,15)(H,13,14)/t7-,8?,9?/m1/s1. The quantitative estimate of drug-likeness (QED) is 0.776. The highest BCUT2D eigenvalue weighted by Gasteiger charge is 2.35. The minimum Gasteiger partial charge on any atom is -0.496 e. The fraction of sp³-hybridized carbons (Fsp3) is 0.636. The number of alkyl carbamates (subject to hydrolysis) is 1. The molecule has 6 nitrogen and oxygen atoms in total. The van der Waals surface area contributed by atoms with Crippen molar-refractivity contribution in [2.45, 2.75) is 31.9 Å². The van der Waals surface area contributed by atoms with E-state index in [1.807, 2.05) is 6.92 Å². The third-order valence-corrected chi connectivity index (χ3v) is 2.69. The van der Waals surface area contributed by atoms with Crippen LogP contribution in [0.25, 0.3) is 0 Å². The summed E-state index contributed by atoms with van der Waals surface area (Å²) in [6.07, 6.45) is 0.135. The zero-order chi connectivity index (χ0) is 13.0. The van der Waals surface area contributed by atoms with E-state index in [0.717, 1.165) is 0 Å². The van der Waals surface area contributed by atoms with Gasteiger partial charge >= 0.3 is 12.1 Å². The first-order valence-corrected chi connectivity index (χ1v) is 5.35. The number of methoxy groups -OCH3 is 1. The Labute approximate surface area is 99.6 Å². The summed E-state index contributed by atoms with van der Waals surface area (Å²) < 4.78 is 9.75. The lowest BCUT2D eigenvalue weighted by molar-refractivity contribution is -0.141. The van der Waals surface area contributed by atoms with Crippen LogP contribution >= 0.6 is 0 Å². The Bertz CT molecular complexity index is 328. The van der Waals surface area contributed by atoms with Crippen molar-refractivity contribution in [3.05, 3.63) is 12.3 Å². The van der Waals surface area contributed by atoms with Crippen molar-refractivity contribution in [3.63, 3.8) is 0 Å². The lowest BCUT2D eigenvalue weighted by Gasteiger charge is -2.32. The Morgan fingerprint density at radius 2 is 2.29 bits per heavy atom. The molecule has 6 heteroatoms. The first-order chi connectivity index (χ1) is 7.93. The summed E-state index contributed by atoms with van der Waals surface area (Å²) in [5, 5.41) is 11.4. The number of carboxylic acid groups (broad SMARTS) is 1. The van der Waals surface area contributed by atoms with Crippen molar-refractivity contribution in [1.29, 1.82) is 0 Å². The Hall–Kier alpha value is -1.72. The number of carboxylic acids is 1. The highest BCUT2D eigenvalue weighted by atomic mass is 16.5. The van der Waals surface area contributed by atoms with E-state index in [1.54, 1.807) is 0 Å². The van der Waals surface area contributed by atoms with Gasteiger partial charge in [-0.25, -0.2) is 9.59 Å². The van der Waals surface area contributed by atoms with Crippen molar-refractivity contribution in [2.75, 3.05) is 7.11 Å². The van der Waals surface area contributed by atoms with Gasteiger partial charge in [0.25, 0.3) is 0 Å². The van der Waals surface area contributed by atoms with E-state index in [2.05, 4.69) is 16.6 Å². The summed E-state index contributed by atoms with van der Waals surface area (Å²) >= 11 is 0. The van der Waals surface area contributed by atoms with Gasteiger partial charge in [0.2, 0.25) is 0 Å². The second-order valence-electron chi connectivity index (χ2n) is 4.12. The van der Waals surface area contributed by atoms with Crippen LogP contribution in [-0.4, -0.2) is 36.4 Å². The van der Waals surface area contributed by atoms with Crippen LogP contribution in [0.4, 0.5) is 4.79 Å². The van der Waals surface area contributed by atoms with Crippen molar-refractivity contribution < 1.29 is 24.2 Å². The van der Waals surface area contributed by atoms with Gasteiger partial charge in [0, 0.05) is 12.3 Å². The Balaban J connectivity index is 2.72. The summed E-state index contributed by atoms with van der Waals surface area (Å²) in [5.74, 6) is -0.767. The lowest BCUT2D eigenvalue weighted by Crippen LogP contribution is -2.48. The molecule has 0 bridgehead atoms. The van der Waals surface area contributed by atoms with Gasteiger partial charge in [-0.2, -0.15) is 0 Å². The van der Waals surface area contributed by atoms with E-state index in [1.165, 1.54) is 7.11 Å². The Kier molecular flexibility index (Phi) is 4.37. The number of amides is 1. The molecule has 17 heavy (non-hydrogen) atoms. The molecular formula is C11H17NO5. The second-order valence-corrected chi connectivity index (χ2v) is 4.12. The molecule has 1 amide bonds. The molecule has 0 radical (unpaired) electrons. The molecule has 1 heterocycles. The van der Waals surface area contributed by atoms with Gasteiger partial charge in [0.15, 0.2) is 0 Å². The van der Waals surface area contributed by atoms with Crippen LogP contribution in [0, 0.1) is 5.92 Å². The number of rotatable bonds is 3. The van der Waals surface area contributed by atoms with Gasteiger partial charge in [-0.3, -0.25) is 0 Å². The minimum atomic E-state index is -1.08. The zero-order valence-corrected chi connectivity index (χ0v) is 9.93. The SMILES string of the molecule is C=C1CC(C(NC(=O)OC)C(=O)O)C[C@@H](C)O1. The van der Waals surface area contributed by atoms with Gasteiger partial charge in [0.05, 0.1) is 19.0 Å². The molecule has 0 aromatic carbocycles. The van der Waals surface area contributed by atoms with E-state index in [4.69, 9.17) is 9.84 Å². The third-order valence-electron chi connectivity index (χ3n) is 2.69. The van der Waals surface area contributed by atoms with Crippen LogP contribution in [0.1, 0.15) is 19.8 Å². The maximum absolute atomic E-state index is 11.1. The maximum atomic E-state index is 11.1. The number of carbonyl (C=O) groups excluding carboxylic acids is 1. The Morgan fingerprint density at radius 3 is 2.76 bits per heavy atom. The van der Waals surface area contributed by atoms with Gasteiger partial charge < -0.3 is 19.9 Å². The largest absolute Gasteiger partial charge is 0.496 e. The summed E-state index contributed by atoms with van der Waals surface area (Å²) in [6, 6.07) is -0.981.